The molecule has 0 radical (unpaired) electrons. The molecular formula is C26H30FN3O4. The highest BCUT2D eigenvalue weighted by Gasteiger charge is 2.27. The van der Waals surface area contributed by atoms with E-state index in [2.05, 4.69) is 11.5 Å². The third-order valence-electron chi connectivity index (χ3n) is 6.45. The standard InChI is InChI=1S/C26H30FN3O4/c1-5-21-22(16-34-26(21)32)18(3)17(2)6-7-29-8-10-30(11-9-29)25(31)14-19-13-24(33-4)20(15-28)12-23(19)27/h5,12-13H,2,6-11,14,16H2,1,3-4H3/b21-5+,22-18-. The molecule has 2 aliphatic rings. The summed E-state index contributed by atoms with van der Waals surface area (Å²) in [5, 5.41) is 9.07. The monoisotopic (exact) mass is 467 g/mol. The summed E-state index contributed by atoms with van der Waals surface area (Å²) in [5.41, 5.74) is 3.80. The lowest BCUT2D eigenvalue weighted by molar-refractivity contribution is -0.135. The van der Waals surface area contributed by atoms with Crippen LogP contribution in [0.3, 0.4) is 0 Å². The largest absolute Gasteiger partial charge is 0.495 e. The Morgan fingerprint density at radius 2 is 2.03 bits per heavy atom. The second kappa shape index (κ2) is 11.1. The van der Waals surface area contributed by atoms with Crippen molar-refractivity contribution in [1.82, 2.24) is 9.80 Å². The van der Waals surface area contributed by atoms with Crippen LogP contribution in [0.1, 0.15) is 31.4 Å². The van der Waals surface area contributed by atoms with Crippen molar-refractivity contribution in [3.05, 3.63) is 64.0 Å². The Kier molecular flexibility index (Phi) is 8.24. The maximum absolute atomic E-state index is 14.3. The van der Waals surface area contributed by atoms with E-state index in [0.717, 1.165) is 48.8 Å². The summed E-state index contributed by atoms with van der Waals surface area (Å²) in [7, 11) is 1.41. The first-order valence-corrected chi connectivity index (χ1v) is 11.3. The molecule has 180 valence electrons. The molecule has 0 spiro atoms. The Morgan fingerprint density at radius 3 is 2.65 bits per heavy atom. The summed E-state index contributed by atoms with van der Waals surface area (Å²) in [6, 6.07) is 4.42. The molecule has 1 aromatic rings. The number of nitrogens with zero attached hydrogens (tertiary/aromatic N) is 3. The van der Waals surface area contributed by atoms with Gasteiger partial charge in [0.15, 0.2) is 0 Å². The first-order chi connectivity index (χ1) is 16.3. The van der Waals surface area contributed by atoms with Gasteiger partial charge in [-0.25, -0.2) is 9.18 Å². The number of cyclic esters (lactones) is 1. The molecule has 34 heavy (non-hydrogen) atoms. The number of nitriles is 1. The molecule has 2 heterocycles. The van der Waals surface area contributed by atoms with E-state index >= 15 is 0 Å². The molecular weight excluding hydrogens is 437 g/mol. The van der Waals surface area contributed by atoms with Gasteiger partial charge in [0.05, 0.1) is 24.7 Å². The number of carbonyl (C=O) groups is 2. The number of hydrogen-bond acceptors (Lipinski definition) is 6. The van der Waals surface area contributed by atoms with Crippen molar-refractivity contribution in [3.8, 4) is 11.8 Å². The topological polar surface area (TPSA) is 82.9 Å². The number of halogens is 1. The minimum atomic E-state index is -0.581. The fourth-order valence-electron chi connectivity index (χ4n) is 4.20. The number of methoxy groups -OCH3 is 1. The van der Waals surface area contributed by atoms with Crippen molar-refractivity contribution in [2.24, 2.45) is 0 Å². The van der Waals surface area contributed by atoms with E-state index in [9.17, 15) is 14.0 Å². The summed E-state index contributed by atoms with van der Waals surface area (Å²) in [6.07, 6.45) is 2.45. The van der Waals surface area contributed by atoms with Crippen LogP contribution in [0.4, 0.5) is 4.39 Å². The molecule has 8 heteroatoms. The molecule has 1 amide bonds. The Bertz CT molecular complexity index is 1090. The lowest BCUT2D eigenvalue weighted by Gasteiger charge is -2.35. The van der Waals surface area contributed by atoms with Crippen molar-refractivity contribution >= 4 is 11.9 Å². The molecule has 0 aromatic heterocycles. The normalized spacial score (nSPS) is 19.1. The van der Waals surface area contributed by atoms with E-state index in [-0.39, 0.29) is 41.8 Å². The summed E-state index contributed by atoms with van der Waals surface area (Å²) >= 11 is 0. The van der Waals surface area contributed by atoms with Crippen molar-refractivity contribution < 1.29 is 23.5 Å². The molecule has 0 atom stereocenters. The Balaban J connectivity index is 1.51. The minimum absolute atomic E-state index is 0.0778. The molecule has 2 aliphatic heterocycles. The minimum Gasteiger partial charge on any atom is -0.495 e. The zero-order valence-corrected chi connectivity index (χ0v) is 19.9. The lowest BCUT2D eigenvalue weighted by Crippen LogP contribution is -2.49. The Labute approximate surface area is 199 Å². The van der Waals surface area contributed by atoms with Crippen LogP contribution in [0.25, 0.3) is 0 Å². The van der Waals surface area contributed by atoms with Crippen LogP contribution in [-0.4, -0.2) is 68.1 Å². The summed E-state index contributed by atoms with van der Waals surface area (Å²) in [5.74, 6) is -0.760. The van der Waals surface area contributed by atoms with Gasteiger partial charge in [0.1, 0.15) is 24.2 Å². The van der Waals surface area contributed by atoms with Crippen LogP contribution in [0, 0.1) is 17.1 Å². The number of carbonyl (C=O) groups excluding carboxylic acids is 2. The fraction of sp³-hybridized carbons (Fsp3) is 0.423. The van der Waals surface area contributed by atoms with Crippen LogP contribution >= 0.6 is 0 Å². The van der Waals surface area contributed by atoms with E-state index in [1.54, 1.807) is 11.0 Å². The molecule has 0 bridgehead atoms. The Hall–Kier alpha value is -3.44. The number of piperazine rings is 1. The third kappa shape index (κ3) is 5.54. The fourth-order valence-corrected chi connectivity index (χ4v) is 4.20. The zero-order chi connectivity index (χ0) is 24.8. The number of amides is 1. The maximum atomic E-state index is 14.3. The molecule has 2 saturated heterocycles. The smallest absolute Gasteiger partial charge is 0.338 e. The van der Waals surface area contributed by atoms with Crippen LogP contribution in [-0.2, 0) is 20.7 Å². The number of hydrogen-bond donors (Lipinski definition) is 0. The highest BCUT2D eigenvalue weighted by Crippen LogP contribution is 2.28. The highest BCUT2D eigenvalue weighted by molar-refractivity contribution is 5.96. The predicted molar refractivity (Wildman–Crippen MR) is 126 cm³/mol. The molecule has 0 unspecified atom stereocenters. The molecule has 0 N–H and O–H groups in total. The number of esters is 1. The number of rotatable bonds is 7. The highest BCUT2D eigenvalue weighted by atomic mass is 19.1. The SMILES string of the molecule is C=C(CCN1CCN(C(=O)Cc2cc(OC)c(C#N)cc2F)CC1)/C(C)=C1/COC(=O)/C1=C/C. The van der Waals surface area contributed by atoms with Crippen LogP contribution in [0.15, 0.2) is 47.1 Å². The van der Waals surface area contributed by atoms with E-state index < -0.39 is 5.82 Å². The third-order valence-corrected chi connectivity index (χ3v) is 6.45. The van der Waals surface area contributed by atoms with Crippen LogP contribution in [0.2, 0.25) is 0 Å². The van der Waals surface area contributed by atoms with Crippen molar-refractivity contribution in [1.29, 1.82) is 5.26 Å². The molecule has 0 saturated carbocycles. The molecule has 1 aromatic carbocycles. The van der Waals surface area contributed by atoms with E-state index in [4.69, 9.17) is 14.7 Å². The van der Waals surface area contributed by atoms with Gasteiger partial charge in [-0.2, -0.15) is 5.26 Å². The van der Waals surface area contributed by atoms with Gasteiger partial charge in [-0.3, -0.25) is 9.69 Å². The number of benzene rings is 1. The van der Waals surface area contributed by atoms with Gasteiger partial charge in [0, 0.05) is 43.9 Å². The molecule has 2 fully saturated rings. The Morgan fingerprint density at radius 1 is 1.32 bits per heavy atom. The summed E-state index contributed by atoms with van der Waals surface area (Å²) in [4.78, 5) is 28.5. The van der Waals surface area contributed by atoms with Crippen molar-refractivity contribution in [2.45, 2.75) is 26.7 Å². The van der Waals surface area contributed by atoms with Gasteiger partial charge in [-0.1, -0.05) is 18.2 Å². The lowest BCUT2D eigenvalue weighted by atomic mass is 9.96. The van der Waals surface area contributed by atoms with Crippen LogP contribution < -0.4 is 4.74 Å². The zero-order valence-electron chi connectivity index (χ0n) is 19.9. The van der Waals surface area contributed by atoms with E-state index in [1.165, 1.54) is 13.2 Å². The average molecular weight is 468 g/mol. The molecule has 3 rings (SSSR count). The van der Waals surface area contributed by atoms with Gasteiger partial charge >= 0.3 is 5.97 Å². The number of allylic oxidation sites excluding steroid dienone is 2. The first-order valence-electron chi connectivity index (χ1n) is 11.3. The molecule has 0 aliphatic carbocycles. The first kappa shape index (κ1) is 25.2. The van der Waals surface area contributed by atoms with Crippen molar-refractivity contribution in [2.75, 3.05) is 46.4 Å². The number of ether oxygens (including phenoxy) is 2. The molecule has 7 nitrogen and oxygen atoms in total. The van der Waals surface area contributed by atoms with E-state index in [1.807, 2.05) is 19.9 Å². The average Bonchev–Trinajstić information content (AvgIpc) is 3.23. The maximum Gasteiger partial charge on any atom is 0.338 e. The van der Waals surface area contributed by atoms with Gasteiger partial charge in [-0.15, -0.1) is 0 Å². The summed E-state index contributed by atoms with van der Waals surface area (Å²) < 4.78 is 24.6. The van der Waals surface area contributed by atoms with Gasteiger partial charge in [0.25, 0.3) is 0 Å². The van der Waals surface area contributed by atoms with Gasteiger partial charge < -0.3 is 14.4 Å². The predicted octanol–water partition coefficient (Wildman–Crippen LogP) is 3.16. The van der Waals surface area contributed by atoms with Crippen molar-refractivity contribution in [3.63, 3.8) is 0 Å². The van der Waals surface area contributed by atoms with Gasteiger partial charge in [-0.05, 0) is 38.0 Å². The van der Waals surface area contributed by atoms with Crippen LogP contribution in [0.5, 0.6) is 5.75 Å². The summed E-state index contributed by atoms with van der Waals surface area (Å²) in [6.45, 7) is 11.6. The quantitative estimate of drug-likeness (QED) is 0.453. The van der Waals surface area contributed by atoms with Gasteiger partial charge in [0.2, 0.25) is 5.91 Å². The second-order valence-electron chi connectivity index (χ2n) is 8.39. The van der Waals surface area contributed by atoms with E-state index in [0.29, 0.717) is 18.7 Å². The second-order valence-corrected chi connectivity index (χ2v) is 8.39.